The zero-order valence-corrected chi connectivity index (χ0v) is 15.3. The summed E-state index contributed by atoms with van der Waals surface area (Å²) < 4.78 is 5.78. The average molecular weight is 352 g/mol. The first kappa shape index (κ1) is 18.5. The standard InChI is InChI=1S/C22H28N2O2/c25-22(23-14-9-17-24-15-7-2-8-16-24)18-26-21-13-6-5-12-20(21)19-10-3-1-4-11-19/h1,3-6,10-13H,2,7-9,14-18H2,(H,23,25). The van der Waals surface area contributed by atoms with Gasteiger partial charge in [-0.2, -0.15) is 0 Å². The molecule has 1 heterocycles. The number of amides is 1. The predicted octanol–water partition coefficient (Wildman–Crippen LogP) is 3.72. The van der Waals surface area contributed by atoms with E-state index < -0.39 is 0 Å². The van der Waals surface area contributed by atoms with Gasteiger partial charge in [0.1, 0.15) is 5.75 Å². The van der Waals surface area contributed by atoms with Crippen LogP contribution in [0, 0.1) is 0 Å². The van der Waals surface area contributed by atoms with E-state index in [2.05, 4.69) is 10.2 Å². The molecule has 1 amide bonds. The number of likely N-dealkylation sites (tertiary alicyclic amines) is 1. The van der Waals surface area contributed by atoms with Gasteiger partial charge in [-0.1, -0.05) is 55.0 Å². The molecular weight excluding hydrogens is 324 g/mol. The van der Waals surface area contributed by atoms with E-state index in [0.717, 1.165) is 29.8 Å². The quantitative estimate of drug-likeness (QED) is 0.736. The highest BCUT2D eigenvalue weighted by molar-refractivity contribution is 5.78. The third kappa shape index (κ3) is 5.60. The molecule has 1 aliphatic heterocycles. The number of benzene rings is 2. The van der Waals surface area contributed by atoms with Crippen molar-refractivity contribution in [1.82, 2.24) is 10.2 Å². The van der Waals surface area contributed by atoms with Crippen LogP contribution in [0.25, 0.3) is 11.1 Å². The Morgan fingerprint density at radius 3 is 2.50 bits per heavy atom. The van der Waals surface area contributed by atoms with Gasteiger partial charge < -0.3 is 15.0 Å². The summed E-state index contributed by atoms with van der Waals surface area (Å²) >= 11 is 0. The molecule has 1 fully saturated rings. The zero-order chi connectivity index (χ0) is 18.0. The van der Waals surface area contributed by atoms with Crippen LogP contribution in [0.15, 0.2) is 54.6 Å². The lowest BCUT2D eigenvalue weighted by Gasteiger charge is -2.26. The normalized spacial score (nSPS) is 14.8. The Morgan fingerprint density at radius 1 is 0.962 bits per heavy atom. The lowest BCUT2D eigenvalue weighted by atomic mass is 10.1. The van der Waals surface area contributed by atoms with E-state index in [4.69, 9.17) is 4.74 Å². The van der Waals surface area contributed by atoms with Gasteiger partial charge in [-0.05, 0) is 50.5 Å². The van der Waals surface area contributed by atoms with E-state index in [0.29, 0.717) is 6.54 Å². The zero-order valence-electron chi connectivity index (χ0n) is 15.3. The van der Waals surface area contributed by atoms with Crippen LogP contribution < -0.4 is 10.1 Å². The maximum atomic E-state index is 12.1. The second kappa shape index (κ2) is 9.97. The molecule has 2 aromatic carbocycles. The summed E-state index contributed by atoms with van der Waals surface area (Å²) in [5.74, 6) is 0.675. The van der Waals surface area contributed by atoms with Crippen LogP contribution in [0.2, 0.25) is 0 Å². The van der Waals surface area contributed by atoms with Crippen molar-refractivity contribution < 1.29 is 9.53 Å². The molecule has 3 rings (SSSR count). The highest BCUT2D eigenvalue weighted by Crippen LogP contribution is 2.29. The van der Waals surface area contributed by atoms with Crippen molar-refractivity contribution in [3.8, 4) is 16.9 Å². The van der Waals surface area contributed by atoms with Crippen molar-refractivity contribution in [3.63, 3.8) is 0 Å². The second-order valence-corrected chi connectivity index (χ2v) is 6.76. The molecule has 0 radical (unpaired) electrons. The number of nitrogens with zero attached hydrogens (tertiary/aromatic N) is 1. The minimum Gasteiger partial charge on any atom is -0.483 e. The molecule has 0 aliphatic carbocycles. The topological polar surface area (TPSA) is 41.6 Å². The molecule has 26 heavy (non-hydrogen) atoms. The van der Waals surface area contributed by atoms with Crippen LogP contribution in [0.5, 0.6) is 5.75 Å². The number of ether oxygens (including phenoxy) is 1. The molecule has 138 valence electrons. The molecule has 4 heteroatoms. The van der Waals surface area contributed by atoms with Crippen LogP contribution in [0.4, 0.5) is 0 Å². The van der Waals surface area contributed by atoms with E-state index in [1.165, 1.54) is 32.4 Å². The van der Waals surface area contributed by atoms with E-state index >= 15 is 0 Å². The van der Waals surface area contributed by atoms with E-state index in [1.54, 1.807) is 0 Å². The number of rotatable bonds is 8. The first-order chi connectivity index (χ1) is 12.8. The van der Waals surface area contributed by atoms with E-state index in [1.807, 2.05) is 54.6 Å². The molecule has 0 saturated carbocycles. The van der Waals surface area contributed by atoms with Gasteiger partial charge in [0, 0.05) is 12.1 Å². The van der Waals surface area contributed by atoms with Crippen molar-refractivity contribution in [3.05, 3.63) is 54.6 Å². The highest BCUT2D eigenvalue weighted by Gasteiger charge is 2.10. The summed E-state index contributed by atoms with van der Waals surface area (Å²) in [6.07, 6.45) is 4.96. The number of nitrogens with one attached hydrogen (secondary N) is 1. The molecule has 1 N–H and O–H groups in total. The van der Waals surface area contributed by atoms with Gasteiger partial charge in [0.2, 0.25) is 0 Å². The van der Waals surface area contributed by atoms with Crippen LogP contribution in [-0.2, 0) is 4.79 Å². The maximum absolute atomic E-state index is 12.1. The fourth-order valence-corrected chi connectivity index (χ4v) is 3.36. The Hall–Kier alpha value is -2.33. The van der Waals surface area contributed by atoms with Crippen molar-refractivity contribution in [2.75, 3.05) is 32.8 Å². The molecule has 0 atom stereocenters. The molecule has 4 nitrogen and oxygen atoms in total. The van der Waals surface area contributed by atoms with Gasteiger partial charge in [0.25, 0.3) is 5.91 Å². The molecule has 1 aliphatic rings. The Bertz CT molecular complexity index is 682. The van der Waals surface area contributed by atoms with Crippen LogP contribution in [0.1, 0.15) is 25.7 Å². The first-order valence-electron chi connectivity index (χ1n) is 9.59. The van der Waals surface area contributed by atoms with Crippen molar-refractivity contribution in [1.29, 1.82) is 0 Å². The van der Waals surface area contributed by atoms with Crippen LogP contribution >= 0.6 is 0 Å². The number of carbonyl (C=O) groups is 1. The molecule has 0 spiro atoms. The lowest BCUT2D eigenvalue weighted by molar-refractivity contribution is -0.123. The number of piperidine rings is 1. The molecule has 0 unspecified atom stereocenters. The Labute approximate surface area is 156 Å². The Balaban J connectivity index is 1.42. The molecule has 0 aromatic heterocycles. The number of hydrogen-bond acceptors (Lipinski definition) is 3. The molecule has 0 bridgehead atoms. The molecule has 2 aromatic rings. The summed E-state index contributed by atoms with van der Waals surface area (Å²) in [6, 6.07) is 17.9. The minimum atomic E-state index is -0.0634. The summed E-state index contributed by atoms with van der Waals surface area (Å²) in [7, 11) is 0. The maximum Gasteiger partial charge on any atom is 0.257 e. The third-order valence-electron chi connectivity index (χ3n) is 4.75. The summed E-state index contributed by atoms with van der Waals surface area (Å²) in [5.41, 5.74) is 2.09. The van der Waals surface area contributed by atoms with Gasteiger partial charge in [0.15, 0.2) is 6.61 Å². The van der Waals surface area contributed by atoms with E-state index in [-0.39, 0.29) is 12.5 Å². The largest absolute Gasteiger partial charge is 0.483 e. The summed E-state index contributed by atoms with van der Waals surface area (Å²) in [6.45, 7) is 4.23. The lowest BCUT2D eigenvalue weighted by Crippen LogP contribution is -2.34. The molecular formula is C22H28N2O2. The Morgan fingerprint density at radius 2 is 1.69 bits per heavy atom. The summed E-state index contributed by atoms with van der Waals surface area (Å²) in [4.78, 5) is 14.6. The minimum absolute atomic E-state index is 0.0492. The molecule has 1 saturated heterocycles. The fourth-order valence-electron chi connectivity index (χ4n) is 3.36. The monoisotopic (exact) mass is 352 g/mol. The summed E-state index contributed by atoms with van der Waals surface area (Å²) in [5, 5.41) is 2.96. The van der Waals surface area contributed by atoms with Crippen molar-refractivity contribution >= 4 is 5.91 Å². The van der Waals surface area contributed by atoms with E-state index in [9.17, 15) is 4.79 Å². The van der Waals surface area contributed by atoms with Gasteiger partial charge in [-0.3, -0.25) is 4.79 Å². The van der Waals surface area contributed by atoms with Crippen LogP contribution in [-0.4, -0.2) is 43.6 Å². The SMILES string of the molecule is O=C(COc1ccccc1-c1ccccc1)NCCCN1CCCCC1. The predicted molar refractivity (Wildman–Crippen MR) is 105 cm³/mol. The van der Waals surface area contributed by atoms with Gasteiger partial charge in [-0.15, -0.1) is 0 Å². The van der Waals surface area contributed by atoms with Crippen molar-refractivity contribution in [2.24, 2.45) is 0 Å². The van der Waals surface area contributed by atoms with Crippen LogP contribution in [0.3, 0.4) is 0 Å². The number of para-hydroxylation sites is 1. The number of hydrogen-bond donors (Lipinski definition) is 1. The average Bonchev–Trinajstić information content (AvgIpc) is 2.71. The second-order valence-electron chi connectivity index (χ2n) is 6.76. The third-order valence-corrected chi connectivity index (χ3v) is 4.75. The Kier molecular flexibility index (Phi) is 7.08. The van der Waals surface area contributed by atoms with Gasteiger partial charge >= 0.3 is 0 Å². The van der Waals surface area contributed by atoms with Gasteiger partial charge in [0.05, 0.1) is 0 Å². The first-order valence-corrected chi connectivity index (χ1v) is 9.59. The fraction of sp³-hybridized carbons (Fsp3) is 0.409. The number of carbonyl (C=O) groups excluding carboxylic acids is 1. The van der Waals surface area contributed by atoms with Gasteiger partial charge in [-0.25, -0.2) is 0 Å². The smallest absolute Gasteiger partial charge is 0.257 e. The van der Waals surface area contributed by atoms with Crippen molar-refractivity contribution in [2.45, 2.75) is 25.7 Å². The highest BCUT2D eigenvalue weighted by atomic mass is 16.5.